The van der Waals surface area contributed by atoms with Crippen LogP contribution in [-0.2, 0) is 6.54 Å². The number of benzene rings is 2. The van der Waals surface area contributed by atoms with Crippen molar-refractivity contribution in [1.82, 2.24) is 0 Å². The molecule has 0 saturated heterocycles. The molecule has 0 bridgehead atoms. The minimum atomic E-state index is -0.250. The predicted molar refractivity (Wildman–Crippen MR) is 88.5 cm³/mol. The van der Waals surface area contributed by atoms with E-state index in [4.69, 9.17) is 18.0 Å². The van der Waals surface area contributed by atoms with Crippen LogP contribution in [0.5, 0.6) is 0 Å². The highest BCUT2D eigenvalue weighted by Crippen LogP contribution is 2.20. The van der Waals surface area contributed by atoms with Gasteiger partial charge in [0.1, 0.15) is 10.8 Å². The zero-order chi connectivity index (χ0) is 14.7. The second-order valence-electron chi connectivity index (χ2n) is 4.55. The van der Waals surface area contributed by atoms with Crippen molar-refractivity contribution in [3.8, 4) is 0 Å². The van der Waals surface area contributed by atoms with Gasteiger partial charge < -0.3 is 10.6 Å². The number of halogens is 2. The zero-order valence-corrected chi connectivity index (χ0v) is 13.3. The molecule has 0 unspecified atom stereocenters. The van der Waals surface area contributed by atoms with E-state index in [9.17, 15) is 4.39 Å². The van der Waals surface area contributed by atoms with Crippen LogP contribution in [0.25, 0.3) is 0 Å². The highest BCUT2D eigenvalue weighted by atomic mass is 79.9. The Morgan fingerprint density at radius 1 is 1.30 bits per heavy atom. The smallest absolute Gasteiger partial charge is 0.124 e. The normalized spacial score (nSPS) is 10.3. The van der Waals surface area contributed by atoms with Crippen molar-refractivity contribution in [2.24, 2.45) is 5.73 Å². The number of thiocarbonyl (C=S) groups is 1. The molecular formula is C15H14BrFN2S. The van der Waals surface area contributed by atoms with Crippen molar-refractivity contribution in [3.05, 3.63) is 63.9 Å². The number of rotatable bonds is 4. The van der Waals surface area contributed by atoms with Crippen molar-refractivity contribution in [1.29, 1.82) is 0 Å². The average molecular weight is 353 g/mol. The molecular weight excluding hydrogens is 339 g/mol. The summed E-state index contributed by atoms with van der Waals surface area (Å²) < 4.78 is 14.1. The molecule has 104 valence electrons. The Labute approximate surface area is 131 Å². The van der Waals surface area contributed by atoms with Crippen LogP contribution in [0.2, 0.25) is 0 Å². The topological polar surface area (TPSA) is 29.3 Å². The van der Waals surface area contributed by atoms with Crippen LogP contribution >= 0.6 is 28.1 Å². The fourth-order valence-electron chi connectivity index (χ4n) is 1.96. The molecule has 0 aromatic heterocycles. The van der Waals surface area contributed by atoms with E-state index in [0.29, 0.717) is 11.5 Å². The van der Waals surface area contributed by atoms with Crippen molar-refractivity contribution in [2.75, 3.05) is 11.9 Å². The van der Waals surface area contributed by atoms with E-state index >= 15 is 0 Å². The SMILES string of the molecule is CN(Cc1cc(F)cc(Br)c1)c1cccc(C(N)=S)c1. The Kier molecular flexibility index (Phi) is 4.73. The molecule has 20 heavy (non-hydrogen) atoms. The lowest BCUT2D eigenvalue weighted by molar-refractivity contribution is 0.624. The maximum Gasteiger partial charge on any atom is 0.124 e. The maximum atomic E-state index is 13.4. The van der Waals surface area contributed by atoms with Crippen LogP contribution < -0.4 is 10.6 Å². The first-order valence-corrected chi connectivity index (χ1v) is 7.22. The third-order valence-corrected chi connectivity index (χ3v) is 3.61. The Morgan fingerprint density at radius 2 is 2.05 bits per heavy atom. The van der Waals surface area contributed by atoms with Crippen LogP contribution in [0.15, 0.2) is 46.9 Å². The summed E-state index contributed by atoms with van der Waals surface area (Å²) in [5.41, 5.74) is 8.33. The van der Waals surface area contributed by atoms with Gasteiger partial charge in [-0.3, -0.25) is 0 Å². The van der Waals surface area contributed by atoms with Crippen LogP contribution in [0.4, 0.5) is 10.1 Å². The minimum Gasteiger partial charge on any atom is -0.389 e. The van der Waals surface area contributed by atoms with Crippen LogP contribution in [0.3, 0.4) is 0 Å². The third kappa shape index (κ3) is 3.77. The van der Waals surface area contributed by atoms with Gasteiger partial charge in [0.15, 0.2) is 0 Å². The summed E-state index contributed by atoms with van der Waals surface area (Å²) in [5.74, 6) is -0.250. The lowest BCUT2D eigenvalue weighted by Crippen LogP contribution is -2.17. The highest BCUT2D eigenvalue weighted by molar-refractivity contribution is 9.10. The van der Waals surface area contributed by atoms with Gasteiger partial charge in [-0.2, -0.15) is 0 Å². The molecule has 0 amide bonds. The van der Waals surface area contributed by atoms with E-state index in [1.807, 2.05) is 42.3 Å². The molecule has 2 aromatic rings. The summed E-state index contributed by atoms with van der Waals surface area (Å²) >= 11 is 8.27. The van der Waals surface area contributed by atoms with Gasteiger partial charge in [-0.1, -0.05) is 40.3 Å². The van der Waals surface area contributed by atoms with Gasteiger partial charge in [-0.05, 0) is 35.9 Å². The number of anilines is 1. The largest absolute Gasteiger partial charge is 0.389 e. The fourth-order valence-corrected chi connectivity index (χ4v) is 2.60. The van der Waals surface area contributed by atoms with Crippen LogP contribution in [0.1, 0.15) is 11.1 Å². The Balaban J connectivity index is 2.21. The molecule has 2 N–H and O–H groups in total. The van der Waals surface area contributed by atoms with Crippen molar-refractivity contribution in [3.63, 3.8) is 0 Å². The van der Waals surface area contributed by atoms with Crippen molar-refractivity contribution < 1.29 is 4.39 Å². The first-order valence-electron chi connectivity index (χ1n) is 6.01. The highest BCUT2D eigenvalue weighted by Gasteiger charge is 2.06. The number of nitrogens with two attached hydrogens (primary N) is 1. The molecule has 2 rings (SSSR count). The molecule has 0 spiro atoms. The maximum absolute atomic E-state index is 13.4. The summed E-state index contributed by atoms with van der Waals surface area (Å²) in [6, 6.07) is 12.5. The Hall–Kier alpha value is -1.46. The van der Waals surface area contributed by atoms with Gasteiger partial charge >= 0.3 is 0 Å². The number of nitrogens with zero attached hydrogens (tertiary/aromatic N) is 1. The zero-order valence-electron chi connectivity index (χ0n) is 10.9. The van der Waals surface area contributed by atoms with E-state index in [2.05, 4.69) is 15.9 Å². The molecule has 0 fully saturated rings. The van der Waals surface area contributed by atoms with Crippen LogP contribution in [0, 0.1) is 5.82 Å². The quantitative estimate of drug-likeness (QED) is 0.847. The lowest BCUT2D eigenvalue weighted by atomic mass is 10.1. The molecule has 0 aliphatic heterocycles. The molecule has 0 aliphatic rings. The van der Waals surface area contributed by atoms with E-state index in [1.165, 1.54) is 12.1 Å². The lowest BCUT2D eigenvalue weighted by Gasteiger charge is -2.20. The average Bonchev–Trinajstić information content (AvgIpc) is 2.37. The number of hydrogen-bond donors (Lipinski definition) is 1. The van der Waals surface area contributed by atoms with Gasteiger partial charge in [-0.15, -0.1) is 0 Å². The second-order valence-corrected chi connectivity index (χ2v) is 5.90. The molecule has 0 radical (unpaired) electrons. The summed E-state index contributed by atoms with van der Waals surface area (Å²) in [7, 11) is 1.94. The van der Waals surface area contributed by atoms with Gasteiger partial charge in [0.2, 0.25) is 0 Å². The van der Waals surface area contributed by atoms with E-state index < -0.39 is 0 Å². The number of hydrogen-bond acceptors (Lipinski definition) is 2. The molecule has 5 heteroatoms. The van der Waals surface area contributed by atoms with Crippen molar-refractivity contribution >= 4 is 38.8 Å². The van der Waals surface area contributed by atoms with Crippen LogP contribution in [-0.4, -0.2) is 12.0 Å². The Bertz CT molecular complexity index is 625. The van der Waals surface area contributed by atoms with Crippen molar-refractivity contribution in [2.45, 2.75) is 6.54 Å². The molecule has 2 nitrogen and oxygen atoms in total. The first kappa shape index (κ1) is 14.9. The van der Waals surface area contributed by atoms with E-state index in [1.54, 1.807) is 0 Å². The summed E-state index contributed by atoms with van der Waals surface area (Å²) in [6.45, 7) is 0.594. The molecule has 0 atom stereocenters. The van der Waals surface area contributed by atoms with Gasteiger partial charge in [0.05, 0.1) is 0 Å². The van der Waals surface area contributed by atoms with E-state index in [-0.39, 0.29) is 5.82 Å². The second kappa shape index (κ2) is 6.33. The Morgan fingerprint density at radius 3 is 2.70 bits per heavy atom. The minimum absolute atomic E-state index is 0.250. The molecule has 0 aliphatic carbocycles. The van der Waals surface area contributed by atoms with E-state index in [0.717, 1.165) is 21.3 Å². The standard InChI is InChI=1S/C15H14BrFN2S/c1-19(9-10-5-12(16)8-13(17)6-10)14-4-2-3-11(7-14)15(18)20/h2-8H,9H2,1H3,(H2,18,20). The summed E-state index contributed by atoms with van der Waals surface area (Å²) in [5, 5.41) is 0. The van der Waals surface area contributed by atoms with Gasteiger partial charge in [-0.25, -0.2) is 4.39 Å². The predicted octanol–water partition coefficient (Wildman–Crippen LogP) is 3.86. The first-order chi connectivity index (χ1) is 9.45. The molecule has 2 aromatic carbocycles. The monoisotopic (exact) mass is 352 g/mol. The third-order valence-electron chi connectivity index (χ3n) is 2.91. The fraction of sp³-hybridized carbons (Fsp3) is 0.133. The van der Waals surface area contributed by atoms with Gasteiger partial charge in [0.25, 0.3) is 0 Å². The molecule has 0 saturated carbocycles. The summed E-state index contributed by atoms with van der Waals surface area (Å²) in [4.78, 5) is 2.39. The van der Waals surface area contributed by atoms with Gasteiger partial charge in [0, 0.05) is 29.3 Å². The summed E-state index contributed by atoms with van der Waals surface area (Å²) in [6.07, 6.45) is 0. The molecule has 0 heterocycles.